The summed E-state index contributed by atoms with van der Waals surface area (Å²) in [7, 11) is 0. The highest BCUT2D eigenvalue weighted by Gasteiger charge is 2.06. The van der Waals surface area contributed by atoms with Crippen LogP contribution in [0.4, 0.5) is 0 Å². The molecule has 0 fully saturated rings. The zero-order valence-corrected chi connectivity index (χ0v) is 10.0. The number of aromatic nitrogens is 2. The molecule has 5 heteroatoms. The summed E-state index contributed by atoms with van der Waals surface area (Å²) >= 11 is 3.32. The Balaban J connectivity index is 2.10. The van der Waals surface area contributed by atoms with E-state index < -0.39 is 0 Å². The summed E-state index contributed by atoms with van der Waals surface area (Å²) in [6.45, 7) is 0.548. The Morgan fingerprint density at radius 3 is 3.00 bits per heavy atom. The fraction of sp³-hybridized carbons (Fsp3) is 0.0909. The van der Waals surface area contributed by atoms with Crippen molar-refractivity contribution in [2.24, 2.45) is 5.73 Å². The summed E-state index contributed by atoms with van der Waals surface area (Å²) in [5.74, 6) is 0. The SMILES string of the molecule is NCc1cnc(-c2cnc3ccsc3c2)s1. The van der Waals surface area contributed by atoms with E-state index in [1.165, 1.54) is 4.70 Å². The second kappa shape index (κ2) is 3.93. The highest BCUT2D eigenvalue weighted by atomic mass is 32.1. The standard InChI is InChI=1S/C11H9N3S2/c12-4-8-6-14-11(16-8)7-3-10-9(13-5-7)1-2-15-10/h1-3,5-6H,4,12H2. The lowest BCUT2D eigenvalue weighted by Crippen LogP contribution is -1.91. The largest absolute Gasteiger partial charge is 0.326 e. The van der Waals surface area contributed by atoms with Gasteiger partial charge in [-0.15, -0.1) is 22.7 Å². The van der Waals surface area contributed by atoms with Gasteiger partial charge in [0.25, 0.3) is 0 Å². The topological polar surface area (TPSA) is 51.8 Å². The van der Waals surface area contributed by atoms with E-state index in [4.69, 9.17) is 5.73 Å². The minimum Gasteiger partial charge on any atom is -0.326 e. The molecule has 0 atom stereocenters. The number of nitrogens with zero attached hydrogens (tertiary/aromatic N) is 2. The smallest absolute Gasteiger partial charge is 0.125 e. The second-order valence-corrected chi connectivity index (χ2v) is 5.43. The normalized spacial score (nSPS) is 11.1. The number of nitrogens with two attached hydrogens (primary N) is 1. The molecule has 80 valence electrons. The molecule has 0 aliphatic heterocycles. The van der Waals surface area contributed by atoms with Crippen LogP contribution in [0.25, 0.3) is 20.8 Å². The first-order valence-electron chi connectivity index (χ1n) is 4.85. The fourth-order valence-corrected chi connectivity index (χ4v) is 3.05. The van der Waals surface area contributed by atoms with Crippen LogP contribution in [-0.2, 0) is 6.54 Å². The molecule has 3 heterocycles. The third-order valence-electron chi connectivity index (χ3n) is 2.30. The molecule has 16 heavy (non-hydrogen) atoms. The molecule has 0 bridgehead atoms. The molecule has 0 spiro atoms. The molecular weight excluding hydrogens is 238 g/mol. The van der Waals surface area contributed by atoms with E-state index in [1.807, 2.05) is 18.5 Å². The quantitative estimate of drug-likeness (QED) is 0.757. The minimum atomic E-state index is 0.548. The van der Waals surface area contributed by atoms with Crippen molar-refractivity contribution in [3.63, 3.8) is 0 Å². The Bertz CT molecular complexity index is 627. The maximum absolute atomic E-state index is 5.57. The van der Waals surface area contributed by atoms with Gasteiger partial charge in [-0.1, -0.05) is 0 Å². The average Bonchev–Trinajstić information content (AvgIpc) is 2.96. The Hall–Kier alpha value is -1.30. The van der Waals surface area contributed by atoms with Crippen molar-refractivity contribution >= 4 is 32.9 Å². The predicted molar refractivity (Wildman–Crippen MR) is 68.6 cm³/mol. The monoisotopic (exact) mass is 247 g/mol. The van der Waals surface area contributed by atoms with Gasteiger partial charge in [-0.05, 0) is 17.5 Å². The molecule has 0 saturated carbocycles. The molecule has 0 saturated heterocycles. The molecule has 3 aromatic heterocycles. The average molecular weight is 247 g/mol. The van der Waals surface area contributed by atoms with E-state index in [-0.39, 0.29) is 0 Å². The molecule has 0 aliphatic rings. The number of pyridine rings is 1. The molecule has 3 rings (SSSR count). The Labute approximate surface area is 101 Å². The van der Waals surface area contributed by atoms with Crippen LogP contribution in [-0.4, -0.2) is 9.97 Å². The number of hydrogen-bond donors (Lipinski definition) is 1. The summed E-state index contributed by atoms with van der Waals surface area (Å²) in [6, 6.07) is 4.16. The molecule has 0 aliphatic carbocycles. The minimum absolute atomic E-state index is 0.548. The van der Waals surface area contributed by atoms with Gasteiger partial charge in [0.15, 0.2) is 0 Å². The molecule has 0 amide bonds. The first kappa shape index (κ1) is 9.89. The molecule has 0 aromatic carbocycles. The summed E-state index contributed by atoms with van der Waals surface area (Å²) in [6.07, 6.45) is 3.70. The maximum atomic E-state index is 5.57. The van der Waals surface area contributed by atoms with Crippen LogP contribution in [0, 0.1) is 0 Å². The van der Waals surface area contributed by atoms with E-state index in [1.54, 1.807) is 22.7 Å². The number of thiazole rings is 1. The Morgan fingerprint density at radius 2 is 2.19 bits per heavy atom. The van der Waals surface area contributed by atoms with E-state index in [9.17, 15) is 0 Å². The first-order valence-corrected chi connectivity index (χ1v) is 6.55. The highest BCUT2D eigenvalue weighted by molar-refractivity contribution is 7.17. The number of fused-ring (bicyclic) bond motifs is 1. The zero-order chi connectivity index (χ0) is 11.0. The summed E-state index contributed by atoms with van der Waals surface area (Å²) in [5, 5.41) is 3.04. The first-order chi connectivity index (χ1) is 7.86. The lowest BCUT2D eigenvalue weighted by Gasteiger charge is -1.95. The van der Waals surface area contributed by atoms with Gasteiger partial charge in [0.1, 0.15) is 5.01 Å². The van der Waals surface area contributed by atoms with Crippen LogP contribution in [0.15, 0.2) is 29.9 Å². The van der Waals surface area contributed by atoms with Gasteiger partial charge < -0.3 is 5.73 Å². The molecule has 0 unspecified atom stereocenters. The number of thiophene rings is 1. The third-order valence-corrected chi connectivity index (χ3v) is 4.23. The van der Waals surface area contributed by atoms with Crippen LogP contribution in [0.2, 0.25) is 0 Å². The third kappa shape index (κ3) is 1.63. The predicted octanol–water partition coefficient (Wildman–Crippen LogP) is 2.88. The van der Waals surface area contributed by atoms with Crippen LogP contribution in [0.3, 0.4) is 0 Å². The lowest BCUT2D eigenvalue weighted by molar-refractivity contribution is 1.10. The van der Waals surface area contributed by atoms with Gasteiger partial charge in [0, 0.05) is 29.4 Å². The van der Waals surface area contributed by atoms with Gasteiger partial charge in [-0.25, -0.2) is 4.98 Å². The second-order valence-electron chi connectivity index (χ2n) is 3.36. The van der Waals surface area contributed by atoms with E-state index in [0.717, 1.165) is 21.0 Å². The highest BCUT2D eigenvalue weighted by Crippen LogP contribution is 2.28. The summed E-state index contributed by atoms with van der Waals surface area (Å²) in [4.78, 5) is 9.85. The fourth-order valence-electron chi connectivity index (χ4n) is 1.50. The number of hydrogen-bond acceptors (Lipinski definition) is 5. The molecule has 3 aromatic rings. The van der Waals surface area contributed by atoms with Crippen LogP contribution in [0.1, 0.15) is 4.88 Å². The van der Waals surface area contributed by atoms with Crippen molar-refractivity contribution < 1.29 is 0 Å². The van der Waals surface area contributed by atoms with Crippen LogP contribution >= 0.6 is 22.7 Å². The van der Waals surface area contributed by atoms with Gasteiger partial charge in [0.05, 0.1) is 10.2 Å². The lowest BCUT2D eigenvalue weighted by atomic mass is 10.3. The van der Waals surface area contributed by atoms with Gasteiger partial charge >= 0.3 is 0 Å². The van der Waals surface area contributed by atoms with E-state index in [2.05, 4.69) is 21.4 Å². The maximum Gasteiger partial charge on any atom is 0.125 e. The zero-order valence-electron chi connectivity index (χ0n) is 8.38. The Morgan fingerprint density at radius 1 is 1.25 bits per heavy atom. The van der Waals surface area contributed by atoms with Crippen LogP contribution < -0.4 is 5.73 Å². The molecular formula is C11H9N3S2. The molecule has 0 radical (unpaired) electrons. The Kier molecular flexibility index (Phi) is 2.43. The van der Waals surface area contributed by atoms with Crippen molar-refractivity contribution in [2.45, 2.75) is 6.54 Å². The van der Waals surface area contributed by atoms with Crippen molar-refractivity contribution in [1.82, 2.24) is 9.97 Å². The van der Waals surface area contributed by atoms with Gasteiger partial charge in [-0.3, -0.25) is 4.98 Å². The number of rotatable bonds is 2. The van der Waals surface area contributed by atoms with Crippen LogP contribution in [0.5, 0.6) is 0 Å². The van der Waals surface area contributed by atoms with Crippen molar-refractivity contribution in [1.29, 1.82) is 0 Å². The van der Waals surface area contributed by atoms with E-state index in [0.29, 0.717) is 6.54 Å². The van der Waals surface area contributed by atoms with Gasteiger partial charge in [-0.2, -0.15) is 0 Å². The molecule has 2 N–H and O–H groups in total. The van der Waals surface area contributed by atoms with Gasteiger partial charge in [0.2, 0.25) is 0 Å². The van der Waals surface area contributed by atoms with Crippen molar-refractivity contribution in [3.8, 4) is 10.6 Å². The molecule has 3 nitrogen and oxygen atoms in total. The van der Waals surface area contributed by atoms with Crippen molar-refractivity contribution in [2.75, 3.05) is 0 Å². The summed E-state index contributed by atoms with van der Waals surface area (Å²) < 4.78 is 1.20. The van der Waals surface area contributed by atoms with E-state index >= 15 is 0 Å². The summed E-state index contributed by atoms with van der Waals surface area (Å²) in [5.41, 5.74) is 7.69. The van der Waals surface area contributed by atoms with Crippen molar-refractivity contribution in [3.05, 3.63) is 34.8 Å².